The van der Waals surface area contributed by atoms with Crippen LogP contribution in [0.5, 0.6) is 0 Å². The Morgan fingerprint density at radius 2 is 1.88 bits per heavy atom. The zero-order valence-corrected chi connectivity index (χ0v) is 9.19. The minimum Gasteiger partial charge on any atom is -0.397 e. The number of rotatable bonds is 2. The maximum atomic E-state index is 12.0. The van der Waals surface area contributed by atoms with E-state index in [0.717, 1.165) is 6.07 Å². The molecule has 0 radical (unpaired) electrons. The smallest absolute Gasteiger partial charge is 0.397 e. The highest BCUT2D eigenvalue weighted by Crippen LogP contribution is 2.27. The highest BCUT2D eigenvalue weighted by atomic mass is 32.2. The van der Waals surface area contributed by atoms with Crippen LogP contribution in [0.4, 0.5) is 18.9 Å². The van der Waals surface area contributed by atoms with Crippen LogP contribution in [0.15, 0.2) is 23.1 Å². The van der Waals surface area contributed by atoms with E-state index >= 15 is 0 Å². The third-order valence-corrected chi connectivity index (χ3v) is 3.71. The number of alkyl halides is 3. The Kier molecular flexibility index (Phi) is 3.18. The molecule has 3 nitrogen and oxygen atoms in total. The second-order valence-corrected chi connectivity index (χ2v) is 5.32. The lowest BCUT2D eigenvalue weighted by Crippen LogP contribution is -2.23. The van der Waals surface area contributed by atoms with Crippen LogP contribution in [-0.4, -0.2) is 20.3 Å². The lowest BCUT2D eigenvalue weighted by atomic mass is 10.2. The number of anilines is 1. The quantitative estimate of drug-likeness (QED) is 0.819. The Bertz CT molecular complexity index is 494. The molecule has 0 aliphatic carbocycles. The first-order chi connectivity index (χ1) is 7.13. The van der Waals surface area contributed by atoms with Gasteiger partial charge in [0.25, 0.3) is 0 Å². The number of nitrogens with two attached hydrogens (primary N) is 1. The van der Waals surface area contributed by atoms with E-state index in [9.17, 15) is 21.6 Å². The maximum Gasteiger partial charge on any atom is 0.403 e. The summed E-state index contributed by atoms with van der Waals surface area (Å²) in [6, 6.07) is 3.96. The molecule has 0 saturated heterocycles. The van der Waals surface area contributed by atoms with Gasteiger partial charge in [-0.3, -0.25) is 0 Å². The van der Waals surface area contributed by atoms with Crippen molar-refractivity contribution in [1.82, 2.24) is 0 Å². The van der Waals surface area contributed by atoms with Crippen LogP contribution < -0.4 is 5.73 Å². The molecule has 0 fully saturated rings. The summed E-state index contributed by atoms with van der Waals surface area (Å²) in [5.41, 5.74) is 5.74. The van der Waals surface area contributed by atoms with Gasteiger partial charge in [0.1, 0.15) is 0 Å². The summed E-state index contributed by atoms with van der Waals surface area (Å²) in [4.78, 5) is -0.468. The summed E-state index contributed by atoms with van der Waals surface area (Å²) in [5.74, 6) is -1.90. The first-order valence-corrected chi connectivity index (χ1v) is 5.93. The van der Waals surface area contributed by atoms with Crippen molar-refractivity contribution in [3.8, 4) is 0 Å². The molecule has 0 bridgehead atoms. The van der Waals surface area contributed by atoms with E-state index in [2.05, 4.69) is 0 Å². The predicted octanol–water partition coefficient (Wildman–Crippen LogP) is 1.91. The number of aryl methyl sites for hydroxylation is 1. The predicted molar refractivity (Wildman–Crippen MR) is 53.7 cm³/mol. The summed E-state index contributed by atoms with van der Waals surface area (Å²) in [6.45, 7) is 1.53. The largest absolute Gasteiger partial charge is 0.403 e. The molecule has 0 amide bonds. The second-order valence-electron chi connectivity index (χ2n) is 3.36. The van der Waals surface area contributed by atoms with Gasteiger partial charge < -0.3 is 5.73 Å². The zero-order chi connectivity index (χ0) is 12.6. The zero-order valence-electron chi connectivity index (χ0n) is 8.38. The van der Waals surface area contributed by atoms with E-state index in [1.807, 2.05) is 0 Å². The van der Waals surface area contributed by atoms with E-state index in [-0.39, 0.29) is 5.69 Å². The fourth-order valence-corrected chi connectivity index (χ4v) is 2.59. The average Bonchev–Trinajstić information content (AvgIpc) is 2.05. The van der Waals surface area contributed by atoms with Gasteiger partial charge in [-0.15, -0.1) is 0 Å². The van der Waals surface area contributed by atoms with Crippen molar-refractivity contribution in [1.29, 1.82) is 0 Å². The first kappa shape index (κ1) is 12.8. The maximum absolute atomic E-state index is 12.0. The molecule has 0 unspecified atom stereocenters. The molecule has 1 aromatic rings. The first-order valence-electron chi connectivity index (χ1n) is 4.28. The van der Waals surface area contributed by atoms with Crippen LogP contribution in [-0.2, 0) is 9.84 Å². The summed E-state index contributed by atoms with van der Waals surface area (Å²) in [7, 11) is -4.42. The fraction of sp³-hybridized carbons (Fsp3) is 0.333. The molecule has 0 aromatic heterocycles. The van der Waals surface area contributed by atoms with Crippen molar-refractivity contribution in [3.63, 3.8) is 0 Å². The topological polar surface area (TPSA) is 60.2 Å². The Labute approximate surface area is 91.0 Å². The number of hydrogen-bond donors (Lipinski definition) is 1. The molecule has 0 atom stereocenters. The summed E-state index contributed by atoms with van der Waals surface area (Å²) in [6.07, 6.45) is -4.77. The standard InChI is InChI=1S/C9H10F3NO2S/c1-6-3-2-4-7(8(6)13)16(14,15)5-9(10,11)12/h2-4H,5,13H2,1H3. The summed E-state index contributed by atoms with van der Waals surface area (Å²) < 4.78 is 59.0. The number of benzene rings is 1. The fourth-order valence-electron chi connectivity index (χ4n) is 1.22. The Hall–Kier alpha value is -1.24. The van der Waals surface area contributed by atoms with Crippen molar-refractivity contribution in [2.75, 3.05) is 11.5 Å². The number of nitrogen functional groups attached to an aromatic ring is 1. The third kappa shape index (κ3) is 2.88. The number of para-hydroxylation sites is 1. The molecule has 90 valence electrons. The Balaban J connectivity index is 3.24. The van der Waals surface area contributed by atoms with Gasteiger partial charge in [-0.2, -0.15) is 13.2 Å². The van der Waals surface area contributed by atoms with Gasteiger partial charge in [-0.1, -0.05) is 12.1 Å². The summed E-state index contributed by atoms with van der Waals surface area (Å²) >= 11 is 0. The normalized spacial score (nSPS) is 12.8. The molecule has 0 saturated carbocycles. The molecule has 0 spiro atoms. The lowest BCUT2D eigenvalue weighted by Gasteiger charge is -2.11. The minimum atomic E-state index is -4.77. The highest BCUT2D eigenvalue weighted by Gasteiger charge is 2.36. The van der Waals surface area contributed by atoms with Gasteiger partial charge in [0.15, 0.2) is 15.6 Å². The molecule has 0 aliphatic rings. The van der Waals surface area contributed by atoms with Crippen molar-refractivity contribution in [2.45, 2.75) is 18.0 Å². The van der Waals surface area contributed by atoms with Crippen molar-refractivity contribution in [2.24, 2.45) is 0 Å². The van der Waals surface area contributed by atoms with Crippen molar-refractivity contribution < 1.29 is 21.6 Å². The van der Waals surface area contributed by atoms with E-state index < -0.39 is 26.7 Å². The van der Waals surface area contributed by atoms with Gasteiger partial charge >= 0.3 is 6.18 Å². The van der Waals surface area contributed by atoms with Gasteiger partial charge in [0, 0.05) is 0 Å². The SMILES string of the molecule is Cc1cccc(S(=O)(=O)CC(F)(F)F)c1N. The molecule has 1 aromatic carbocycles. The lowest BCUT2D eigenvalue weighted by molar-refractivity contribution is -0.106. The van der Waals surface area contributed by atoms with Crippen molar-refractivity contribution in [3.05, 3.63) is 23.8 Å². The Morgan fingerprint density at radius 3 is 2.38 bits per heavy atom. The van der Waals surface area contributed by atoms with Crippen molar-refractivity contribution >= 4 is 15.5 Å². The number of sulfone groups is 1. The van der Waals surface area contributed by atoms with Gasteiger partial charge in [-0.05, 0) is 18.6 Å². The second kappa shape index (κ2) is 3.97. The Morgan fingerprint density at radius 1 is 1.31 bits per heavy atom. The van der Waals surface area contributed by atoms with E-state index in [4.69, 9.17) is 5.73 Å². The molecule has 0 heterocycles. The monoisotopic (exact) mass is 253 g/mol. The van der Waals surface area contributed by atoms with E-state index in [1.165, 1.54) is 19.1 Å². The summed E-state index contributed by atoms with van der Waals surface area (Å²) in [5, 5.41) is 0. The third-order valence-electron chi connectivity index (χ3n) is 1.97. The highest BCUT2D eigenvalue weighted by molar-refractivity contribution is 7.91. The number of hydrogen-bond acceptors (Lipinski definition) is 3. The van der Waals surface area contributed by atoms with Crippen LogP contribution in [0.1, 0.15) is 5.56 Å². The van der Waals surface area contributed by atoms with Crippen LogP contribution in [0.25, 0.3) is 0 Å². The van der Waals surface area contributed by atoms with Gasteiger partial charge in [-0.25, -0.2) is 8.42 Å². The molecular formula is C9H10F3NO2S. The molecule has 1 rings (SSSR count). The average molecular weight is 253 g/mol. The molecule has 16 heavy (non-hydrogen) atoms. The van der Waals surface area contributed by atoms with Crippen LogP contribution in [0, 0.1) is 6.92 Å². The van der Waals surface area contributed by atoms with Gasteiger partial charge in [0.05, 0.1) is 10.6 Å². The van der Waals surface area contributed by atoms with Crippen LogP contribution in [0.3, 0.4) is 0 Å². The van der Waals surface area contributed by atoms with Crippen LogP contribution in [0.2, 0.25) is 0 Å². The van der Waals surface area contributed by atoms with Gasteiger partial charge in [0.2, 0.25) is 0 Å². The minimum absolute atomic E-state index is 0.133. The molecule has 2 N–H and O–H groups in total. The van der Waals surface area contributed by atoms with Crippen LogP contribution >= 0.6 is 0 Å². The number of halogens is 3. The van der Waals surface area contributed by atoms with E-state index in [1.54, 1.807) is 0 Å². The molecule has 7 heteroatoms. The molecular weight excluding hydrogens is 243 g/mol. The van der Waals surface area contributed by atoms with E-state index in [0.29, 0.717) is 5.56 Å². The molecule has 0 aliphatic heterocycles.